The first-order chi connectivity index (χ1) is 24.3. The van der Waals surface area contributed by atoms with Crippen LogP contribution in [0.25, 0.3) is 0 Å². The number of carbonyl (C=O) groups excluding carboxylic acids is 2. The number of hydrogen-bond acceptors (Lipinski definition) is 4. The molecule has 0 spiro atoms. The lowest BCUT2D eigenvalue weighted by Gasteiger charge is -2.48. The third-order valence-corrected chi connectivity index (χ3v) is 21.8. The van der Waals surface area contributed by atoms with E-state index >= 15 is 0 Å². The summed E-state index contributed by atoms with van der Waals surface area (Å²) in [6.07, 6.45) is 0.776. The molecule has 0 saturated heterocycles. The standard InChI is InChI=1S/C43H58N2O4Si2/c1-34(49-51(43(5,6)7,37-25-16-10-17-26-37)38-27-18-11-19-28-38)31-40(47)44-29-20-30-45-41(48)32-39(33-46)50(42(2,3)4,35-21-12-8-13-22-35)36-23-14-9-15-24-36/h8-19,21-28,34,39,46H,20,29-33H2,1-7H3,(H,44,47)(H,45,48)/t34-,39-/m1/s1. The molecule has 272 valence electrons. The minimum Gasteiger partial charge on any atom is -0.404 e. The van der Waals surface area contributed by atoms with Crippen LogP contribution in [0.2, 0.25) is 15.6 Å². The van der Waals surface area contributed by atoms with Gasteiger partial charge < -0.3 is 20.2 Å². The first kappa shape index (κ1) is 40.0. The van der Waals surface area contributed by atoms with Gasteiger partial charge in [0.15, 0.2) is 0 Å². The Labute approximate surface area is 308 Å². The molecule has 0 unspecified atom stereocenters. The predicted octanol–water partition coefficient (Wildman–Crippen LogP) is 5.78. The molecule has 4 rings (SSSR count). The van der Waals surface area contributed by atoms with E-state index in [4.69, 9.17) is 4.43 Å². The number of hydrogen-bond donors (Lipinski definition) is 3. The van der Waals surface area contributed by atoms with Gasteiger partial charge in [-0.1, -0.05) is 173 Å². The Morgan fingerprint density at radius 1 is 0.608 bits per heavy atom. The summed E-state index contributed by atoms with van der Waals surface area (Å²) in [4.78, 5) is 26.6. The minimum absolute atomic E-state index is 0.0706. The van der Waals surface area contributed by atoms with Crippen molar-refractivity contribution in [2.24, 2.45) is 0 Å². The highest BCUT2D eigenvalue weighted by atomic mass is 28.4. The van der Waals surface area contributed by atoms with E-state index in [9.17, 15) is 14.7 Å². The summed E-state index contributed by atoms with van der Waals surface area (Å²) in [5.41, 5.74) is -0.223. The van der Waals surface area contributed by atoms with Gasteiger partial charge in [0.1, 0.15) is 8.07 Å². The summed E-state index contributed by atoms with van der Waals surface area (Å²) >= 11 is 0. The van der Waals surface area contributed by atoms with Crippen molar-refractivity contribution >= 4 is 49.0 Å². The van der Waals surface area contributed by atoms with E-state index in [1.54, 1.807) is 0 Å². The molecule has 0 heterocycles. The van der Waals surface area contributed by atoms with Crippen molar-refractivity contribution in [2.75, 3.05) is 19.7 Å². The fourth-order valence-corrected chi connectivity index (χ4v) is 19.2. The highest BCUT2D eigenvalue weighted by Gasteiger charge is 2.53. The number of nitrogens with one attached hydrogen (secondary N) is 2. The van der Waals surface area contributed by atoms with Crippen LogP contribution in [-0.2, 0) is 14.0 Å². The third kappa shape index (κ3) is 9.16. The lowest BCUT2D eigenvalue weighted by Crippen LogP contribution is -2.68. The summed E-state index contributed by atoms with van der Waals surface area (Å²) in [5, 5.41) is 21.4. The van der Waals surface area contributed by atoms with Crippen molar-refractivity contribution in [2.45, 2.75) is 89.5 Å². The zero-order chi connectivity index (χ0) is 37.1. The normalized spacial score (nSPS) is 13.6. The van der Waals surface area contributed by atoms with Gasteiger partial charge in [-0.3, -0.25) is 9.59 Å². The molecule has 0 aliphatic heterocycles. The molecule has 0 radical (unpaired) electrons. The zero-order valence-electron chi connectivity index (χ0n) is 31.6. The maximum Gasteiger partial charge on any atom is 0.261 e. The Morgan fingerprint density at radius 2 is 0.980 bits per heavy atom. The van der Waals surface area contributed by atoms with Crippen LogP contribution in [0.3, 0.4) is 0 Å². The number of aliphatic hydroxyl groups is 1. The second-order valence-electron chi connectivity index (χ2n) is 15.7. The largest absolute Gasteiger partial charge is 0.404 e. The van der Waals surface area contributed by atoms with E-state index in [1.165, 1.54) is 20.7 Å². The number of aliphatic hydroxyl groups excluding tert-OH is 1. The number of amides is 2. The highest BCUT2D eigenvalue weighted by Crippen LogP contribution is 2.44. The van der Waals surface area contributed by atoms with Crippen LogP contribution in [0, 0.1) is 0 Å². The molecular weight excluding hydrogens is 665 g/mol. The van der Waals surface area contributed by atoms with E-state index in [2.05, 4.69) is 149 Å². The van der Waals surface area contributed by atoms with Crippen molar-refractivity contribution < 1.29 is 19.1 Å². The van der Waals surface area contributed by atoms with Crippen LogP contribution >= 0.6 is 0 Å². The van der Waals surface area contributed by atoms with Gasteiger partial charge in [0.25, 0.3) is 8.32 Å². The maximum absolute atomic E-state index is 13.4. The summed E-state index contributed by atoms with van der Waals surface area (Å²) in [6, 6.07) is 41.8. The van der Waals surface area contributed by atoms with Gasteiger partial charge in [-0.25, -0.2) is 0 Å². The Balaban J connectivity index is 1.36. The van der Waals surface area contributed by atoms with Gasteiger partial charge in [-0.15, -0.1) is 0 Å². The zero-order valence-corrected chi connectivity index (χ0v) is 33.6. The molecule has 0 aliphatic carbocycles. The molecule has 0 bridgehead atoms. The summed E-state index contributed by atoms with van der Waals surface area (Å²) in [5.74, 6) is -0.153. The summed E-state index contributed by atoms with van der Waals surface area (Å²) in [7, 11) is -5.44. The van der Waals surface area contributed by atoms with Crippen LogP contribution in [0.5, 0.6) is 0 Å². The van der Waals surface area contributed by atoms with Crippen molar-refractivity contribution in [1.29, 1.82) is 0 Å². The van der Waals surface area contributed by atoms with E-state index < -0.39 is 16.4 Å². The van der Waals surface area contributed by atoms with Crippen LogP contribution in [-0.4, -0.2) is 59.1 Å². The molecule has 8 heteroatoms. The summed E-state index contributed by atoms with van der Waals surface area (Å²) < 4.78 is 7.07. The van der Waals surface area contributed by atoms with E-state index in [0.717, 1.165) is 0 Å². The molecule has 0 aromatic heterocycles. The van der Waals surface area contributed by atoms with Crippen LogP contribution < -0.4 is 31.4 Å². The Hall–Kier alpha value is -3.83. The Kier molecular flexibility index (Phi) is 13.8. The van der Waals surface area contributed by atoms with E-state index in [1.807, 2.05) is 31.2 Å². The molecule has 2 atom stereocenters. The first-order valence-electron chi connectivity index (χ1n) is 18.3. The van der Waals surface area contributed by atoms with Crippen molar-refractivity contribution in [3.8, 4) is 0 Å². The number of carbonyl (C=O) groups is 2. The lowest BCUT2D eigenvalue weighted by atomic mass is 10.2. The highest BCUT2D eigenvalue weighted by molar-refractivity contribution is 7.05. The third-order valence-electron chi connectivity index (χ3n) is 10.2. The van der Waals surface area contributed by atoms with Crippen LogP contribution in [0.1, 0.15) is 67.7 Å². The molecule has 6 nitrogen and oxygen atoms in total. The minimum atomic E-state index is -2.76. The molecule has 0 saturated carbocycles. The first-order valence-corrected chi connectivity index (χ1v) is 22.3. The van der Waals surface area contributed by atoms with E-state index in [-0.39, 0.29) is 53.0 Å². The maximum atomic E-state index is 13.4. The van der Waals surface area contributed by atoms with Crippen LogP contribution in [0.15, 0.2) is 121 Å². The molecule has 51 heavy (non-hydrogen) atoms. The van der Waals surface area contributed by atoms with Crippen molar-refractivity contribution in [3.63, 3.8) is 0 Å². The molecule has 2 amide bonds. The van der Waals surface area contributed by atoms with Crippen molar-refractivity contribution in [3.05, 3.63) is 121 Å². The van der Waals surface area contributed by atoms with Gasteiger partial charge in [0.2, 0.25) is 11.8 Å². The van der Waals surface area contributed by atoms with Crippen LogP contribution in [0.4, 0.5) is 0 Å². The fraction of sp³-hybridized carbons (Fsp3) is 0.395. The van der Waals surface area contributed by atoms with Crippen molar-refractivity contribution in [1.82, 2.24) is 10.6 Å². The van der Waals surface area contributed by atoms with E-state index in [0.29, 0.717) is 19.5 Å². The molecule has 4 aromatic carbocycles. The lowest BCUT2D eigenvalue weighted by molar-refractivity contribution is -0.122. The fourth-order valence-electron chi connectivity index (χ4n) is 8.08. The molecule has 0 aliphatic rings. The van der Waals surface area contributed by atoms with Gasteiger partial charge in [0, 0.05) is 26.1 Å². The predicted molar refractivity (Wildman–Crippen MR) is 216 cm³/mol. The van der Waals surface area contributed by atoms with Gasteiger partial charge >= 0.3 is 0 Å². The van der Waals surface area contributed by atoms with Gasteiger partial charge in [-0.2, -0.15) is 0 Å². The van der Waals surface area contributed by atoms with Gasteiger partial charge in [0.05, 0.1) is 12.5 Å². The Morgan fingerprint density at radius 3 is 1.33 bits per heavy atom. The number of benzene rings is 4. The van der Waals surface area contributed by atoms with Gasteiger partial charge in [-0.05, 0) is 39.3 Å². The quantitative estimate of drug-likeness (QED) is 0.101. The molecule has 4 aromatic rings. The smallest absolute Gasteiger partial charge is 0.261 e. The summed E-state index contributed by atoms with van der Waals surface area (Å²) in [6.45, 7) is 16.2. The molecule has 3 N–H and O–H groups in total. The molecule has 0 fully saturated rings. The number of rotatable bonds is 16. The molecular formula is C43H58N2O4Si2. The SMILES string of the molecule is C[C@H](CC(=O)NCCCNC(=O)C[C@H](CO)[Si](c1ccccc1)(c1ccccc1)C(C)(C)C)O[Si](c1ccccc1)(c1ccccc1)C(C)(C)C. The Bertz CT molecular complexity index is 1580. The average Bonchev–Trinajstić information content (AvgIpc) is 3.10. The topological polar surface area (TPSA) is 87.7 Å². The average molecular weight is 723 g/mol. The second-order valence-corrected chi connectivity index (χ2v) is 25.1. The monoisotopic (exact) mass is 722 g/mol. The second kappa shape index (κ2) is 17.6.